The van der Waals surface area contributed by atoms with E-state index < -0.39 is 0 Å². The van der Waals surface area contributed by atoms with Crippen molar-refractivity contribution >= 4 is 12.0 Å². The summed E-state index contributed by atoms with van der Waals surface area (Å²) in [6.07, 6.45) is 3.28. The van der Waals surface area contributed by atoms with E-state index in [1.807, 2.05) is 62.4 Å². The van der Waals surface area contributed by atoms with Crippen LogP contribution in [0.1, 0.15) is 25.0 Å². The molecule has 0 radical (unpaired) electrons. The predicted molar refractivity (Wildman–Crippen MR) is 96.1 cm³/mol. The number of carbonyl (C=O) groups excluding carboxylic acids is 1. The van der Waals surface area contributed by atoms with Crippen LogP contribution in [0.4, 0.5) is 0 Å². The standard InChI is InChI=1S/C20H23NO3/c1-3-23-18-12-10-16(14-19(18)24-4-2)11-13-20(22)21-15-17-8-6-5-7-9-17/h5-14H,3-4,15H2,1-2H3,(H,21,22). The van der Waals surface area contributed by atoms with E-state index in [0.29, 0.717) is 31.3 Å². The summed E-state index contributed by atoms with van der Waals surface area (Å²) in [7, 11) is 0. The molecule has 2 aromatic carbocycles. The normalized spacial score (nSPS) is 10.6. The topological polar surface area (TPSA) is 47.6 Å². The minimum absolute atomic E-state index is 0.134. The molecule has 0 aliphatic rings. The van der Waals surface area contributed by atoms with Crippen LogP contribution in [0.5, 0.6) is 11.5 Å². The quantitative estimate of drug-likeness (QED) is 0.751. The van der Waals surface area contributed by atoms with E-state index in [0.717, 1.165) is 11.1 Å². The lowest BCUT2D eigenvalue weighted by Crippen LogP contribution is -2.20. The fraction of sp³-hybridized carbons (Fsp3) is 0.250. The lowest BCUT2D eigenvalue weighted by atomic mass is 10.2. The van der Waals surface area contributed by atoms with Gasteiger partial charge in [0.1, 0.15) is 0 Å². The van der Waals surface area contributed by atoms with Crippen molar-refractivity contribution in [2.75, 3.05) is 13.2 Å². The number of ether oxygens (including phenoxy) is 2. The average Bonchev–Trinajstić information content (AvgIpc) is 2.61. The van der Waals surface area contributed by atoms with Crippen molar-refractivity contribution in [2.45, 2.75) is 20.4 Å². The molecule has 0 bridgehead atoms. The van der Waals surface area contributed by atoms with Crippen molar-refractivity contribution in [1.82, 2.24) is 5.32 Å². The second-order valence-electron chi connectivity index (χ2n) is 5.11. The minimum Gasteiger partial charge on any atom is -0.490 e. The van der Waals surface area contributed by atoms with Gasteiger partial charge in [-0.3, -0.25) is 4.79 Å². The van der Waals surface area contributed by atoms with Gasteiger partial charge in [0.2, 0.25) is 5.91 Å². The van der Waals surface area contributed by atoms with Crippen molar-refractivity contribution in [1.29, 1.82) is 0 Å². The summed E-state index contributed by atoms with van der Waals surface area (Å²) >= 11 is 0. The molecule has 2 rings (SSSR count). The molecule has 0 fully saturated rings. The molecule has 0 atom stereocenters. The third-order valence-corrected chi connectivity index (χ3v) is 3.30. The van der Waals surface area contributed by atoms with Gasteiger partial charge in [-0.15, -0.1) is 0 Å². The smallest absolute Gasteiger partial charge is 0.244 e. The number of rotatable bonds is 8. The fourth-order valence-corrected chi connectivity index (χ4v) is 2.19. The molecule has 24 heavy (non-hydrogen) atoms. The highest BCUT2D eigenvalue weighted by Crippen LogP contribution is 2.28. The third-order valence-electron chi connectivity index (χ3n) is 3.30. The van der Waals surface area contributed by atoms with E-state index >= 15 is 0 Å². The molecule has 126 valence electrons. The lowest BCUT2D eigenvalue weighted by molar-refractivity contribution is -0.116. The molecule has 2 aromatic rings. The van der Waals surface area contributed by atoms with E-state index in [4.69, 9.17) is 9.47 Å². The number of carbonyl (C=O) groups is 1. The summed E-state index contributed by atoms with van der Waals surface area (Å²) in [4.78, 5) is 11.9. The molecular formula is C20H23NO3. The second-order valence-corrected chi connectivity index (χ2v) is 5.11. The molecule has 0 unspecified atom stereocenters. The molecule has 0 saturated carbocycles. The second kappa shape index (κ2) is 9.40. The summed E-state index contributed by atoms with van der Waals surface area (Å²) in [5.41, 5.74) is 1.95. The zero-order valence-corrected chi connectivity index (χ0v) is 14.1. The molecule has 4 heteroatoms. The van der Waals surface area contributed by atoms with Gasteiger partial charge in [-0.05, 0) is 43.2 Å². The average molecular weight is 325 g/mol. The van der Waals surface area contributed by atoms with Gasteiger partial charge in [0, 0.05) is 12.6 Å². The first-order valence-corrected chi connectivity index (χ1v) is 8.12. The van der Waals surface area contributed by atoms with Crippen LogP contribution in [0.3, 0.4) is 0 Å². The highest BCUT2D eigenvalue weighted by Gasteiger charge is 2.05. The van der Waals surface area contributed by atoms with Crippen LogP contribution in [0.25, 0.3) is 6.08 Å². The Morgan fingerprint density at radius 1 is 1.00 bits per heavy atom. The first-order chi connectivity index (χ1) is 11.7. The molecular weight excluding hydrogens is 302 g/mol. The van der Waals surface area contributed by atoms with Crippen LogP contribution < -0.4 is 14.8 Å². The highest BCUT2D eigenvalue weighted by molar-refractivity contribution is 5.91. The molecule has 1 N–H and O–H groups in total. The monoisotopic (exact) mass is 325 g/mol. The Hall–Kier alpha value is -2.75. The Kier molecular flexibility index (Phi) is 6.90. The number of amides is 1. The summed E-state index contributed by atoms with van der Waals surface area (Å²) in [6.45, 7) is 5.51. The Morgan fingerprint density at radius 3 is 2.42 bits per heavy atom. The maximum absolute atomic E-state index is 11.9. The third kappa shape index (κ3) is 5.47. The Bertz CT molecular complexity index is 681. The maximum Gasteiger partial charge on any atom is 0.244 e. The molecule has 4 nitrogen and oxygen atoms in total. The van der Waals surface area contributed by atoms with Crippen LogP contribution in [-0.2, 0) is 11.3 Å². The molecule has 0 saturated heterocycles. The molecule has 0 spiro atoms. The van der Waals surface area contributed by atoms with Crippen molar-refractivity contribution in [3.05, 3.63) is 65.7 Å². The van der Waals surface area contributed by atoms with Gasteiger partial charge in [0.15, 0.2) is 11.5 Å². The Labute approximate surface area is 143 Å². The van der Waals surface area contributed by atoms with E-state index in [-0.39, 0.29) is 5.91 Å². The number of hydrogen-bond donors (Lipinski definition) is 1. The molecule has 0 aliphatic carbocycles. The van der Waals surface area contributed by atoms with Crippen LogP contribution in [0, 0.1) is 0 Å². The van der Waals surface area contributed by atoms with Gasteiger partial charge in [-0.25, -0.2) is 0 Å². The van der Waals surface area contributed by atoms with Crippen molar-refractivity contribution in [3.63, 3.8) is 0 Å². The van der Waals surface area contributed by atoms with Crippen LogP contribution in [-0.4, -0.2) is 19.1 Å². The number of benzene rings is 2. The number of nitrogens with one attached hydrogen (secondary N) is 1. The van der Waals surface area contributed by atoms with Gasteiger partial charge in [0.25, 0.3) is 0 Å². The lowest BCUT2D eigenvalue weighted by Gasteiger charge is -2.11. The van der Waals surface area contributed by atoms with Crippen molar-refractivity contribution in [3.8, 4) is 11.5 Å². The largest absolute Gasteiger partial charge is 0.490 e. The minimum atomic E-state index is -0.134. The summed E-state index contributed by atoms with van der Waals surface area (Å²) < 4.78 is 11.1. The first kappa shape index (κ1) is 17.6. The zero-order chi connectivity index (χ0) is 17.2. The van der Waals surface area contributed by atoms with E-state index in [1.54, 1.807) is 6.08 Å². The molecule has 0 aliphatic heterocycles. The summed E-state index contributed by atoms with van der Waals surface area (Å²) in [5, 5.41) is 2.86. The van der Waals surface area contributed by atoms with Gasteiger partial charge in [0.05, 0.1) is 13.2 Å². The van der Waals surface area contributed by atoms with Crippen LogP contribution in [0.15, 0.2) is 54.6 Å². The fourth-order valence-electron chi connectivity index (χ4n) is 2.19. The molecule has 1 amide bonds. The van der Waals surface area contributed by atoms with Crippen molar-refractivity contribution in [2.24, 2.45) is 0 Å². The zero-order valence-electron chi connectivity index (χ0n) is 14.1. The molecule has 0 aromatic heterocycles. The van der Waals surface area contributed by atoms with E-state index in [1.165, 1.54) is 6.08 Å². The summed E-state index contributed by atoms with van der Waals surface area (Å²) in [5.74, 6) is 1.27. The van der Waals surface area contributed by atoms with Gasteiger partial charge < -0.3 is 14.8 Å². The van der Waals surface area contributed by atoms with Crippen molar-refractivity contribution < 1.29 is 14.3 Å². The Morgan fingerprint density at radius 2 is 1.71 bits per heavy atom. The van der Waals surface area contributed by atoms with Crippen LogP contribution in [0.2, 0.25) is 0 Å². The SMILES string of the molecule is CCOc1ccc(C=CC(=O)NCc2ccccc2)cc1OCC. The van der Waals surface area contributed by atoms with E-state index in [2.05, 4.69) is 5.32 Å². The predicted octanol–water partition coefficient (Wildman–Crippen LogP) is 3.81. The Balaban J connectivity index is 1.97. The van der Waals surface area contributed by atoms with E-state index in [9.17, 15) is 4.79 Å². The van der Waals surface area contributed by atoms with Crippen LogP contribution >= 0.6 is 0 Å². The first-order valence-electron chi connectivity index (χ1n) is 8.12. The maximum atomic E-state index is 11.9. The van der Waals surface area contributed by atoms with Gasteiger partial charge in [-0.2, -0.15) is 0 Å². The van der Waals surface area contributed by atoms with Gasteiger partial charge >= 0.3 is 0 Å². The van der Waals surface area contributed by atoms with Gasteiger partial charge in [-0.1, -0.05) is 36.4 Å². The highest BCUT2D eigenvalue weighted by atomic mass is 16.5. The summed E-state index contributed by atoms with van der Waals surface area (Å²) in [6, 6.07) is 15.4. The number of hydrogen-bond acceptors (Lipinski definition) is 3. The molecule has 0 heterocycles.